The normalized spacial score (nSPS) is 12.2. The van der Waals surface area contributed by atoms with Gasteiger partial charge in [-0.05, 0) is 31.5 Å². The van der Waals surface area contributed by atoms with E-state index in [1.165, 1.54) is 26.4 Å². The van der Waals surface area contributed by atoms with Crippen LogP contribution in [-0.4, -0.2) is 31.3 Å². The molecule has 1 heterocycles. The van der Waals surface area contributed by atoms with Gasteiger partial charge in [0, 0.05) is 33.8 Å². The van der Waals surface area contributed by atoms with Crippen molar-refractivity contribution in [3.63, 3.8) is 0 Å². The van der Waals surface area contributed by atoms with Crippen molar-refractivity contribution in [3.8, 4) is 22.6 Å². The van der Waals surface area contributed by atoms with Crippen molar-refractivity contribution in [3.05, 3.63) is 53.7 Å². The SMILES string of the molecule is CC/C(=N\OC)c1cc(C)nc2c(-c3ccc(OC)cc3OC(F)(F)F)cccc12. The van der Waals surface area contributed by atoms with E-state index in [1.54, 1.807) is 18.2 Å². The molecule has 0 amide bonds. The van der Waals surface area contributed by atoms with Crippen LogP contribution >= 0.6 is 0 Å². The van der Waals surface area contributed by atoms with Gasteiger partial charge in [-0.1, -0.05) is 30.3 Å². The van der Waals surface area contributed by atoms with Gasteiger partial charge in [-0.2, -0.15) is 0 Å². The van der Waals surface area contributed by atoms with Gasteiger partial charge in [0.1, 0.15) is 18.6 Å². The summed E-state index contributed by atoms with van der Waals surface area (Å²) < 4.78 is 48.5. The number of methoxy groups -OCH3 is 1. The maximum atomic E-state index is 13.0. The molecule has 30 heavy (non-hydrogen) atoms. The van der Waals surface area contributed by atoms with E-state index in [0.717, 1.165) is 10.9 Å². The first kappa shape index (κ1) is 21.4. The average molecular weight is 418 g/mol. The maximum absolute atomic E-state index is 13.0. The predicted molar refractivity (Wildman–Crippen MR) is 109 cm³/mol. The monoisotopic (exact) mass is 418 g/mol. The molecular formula is C22H21F3N2O3. The molecule has 2 aromatic carbocycles. The van der Waals surface area contributed by atoms with Crippen molar-refractivity contribution >= 4 is 16.6 Å². The van der Waals surface area contributed by atoms with Crippen LogP contribution in [0.15, 0.2) is 47.6 Å². The Morgan fingerprint density at radius 2 is 1.83 bits per heavy atom. The van der Waals surface area contributed by atoms with Gasteiger partial charge in [-0.25, -0.2) is 0 Å². The Hall–Kier alpha value is -3.29. The minimum atomic E-state index is -4.85. The summed E-state index contributed by atoms with van der Waals surface area (Å²) in [5.41, 5.74) is 3.54. The molecule has 0 fully saturated rings. The van der Waals surface area contributed by atoms with Gasteiger partial charge < -0.3 is 14.3 Å². The molecule has 0 saturated carbocycles. The lowest BCUT2D eigenvalue weighted by Crippen LogP contribution is -2.17. The number of rotatable bonds is 6. The summed E-state index contributed by atoms with van der Waals surface area (Å²) in [7, 11) is 2.85. The first-order valence-electron chi connectivity index (χ1n) is 9.22. The quantitative estimate of drug-likeness (QED) is 0.371. The molecule has 3 aromatic rings. The Balaban J connectivity index is 2.30. The van der Waals surface area contributed by atoms with Gasteiger partial charge in [0.05, 0.1) is 18.3 Å². The highest BCUT2D eigenvalue weighted by molar-refractivity contribution is 6.12. The second-order valence-corrected chi connectivity index (χ2v) is 6.50. The molecule has 3 rings (SSSR count). The highest BCUT2D eigenvalue weighted by atomic mass is 19.4. The number of fused-ring (bicyclic) bond motifs is 1. The number of aromatic nitrogens is 1. The van der Waals surface area contributed by atoms with Crippen molar-refractivity contribution < 1.29 is 27.5 Å². The van der Waals surface area contributed by atoms with E-state index >= 15 is 0 Å². The van der Waals surface area contributed by atoms with Crippen molar-refractivity contribution in [2.75, 3.05) is 14.2 Å². The molecule has 1 aromatic heterocycles. The topological polar surface area (TPSA) is 52.9 Å². The number of benzene rings is 2. The maximum Gasteiger partial charge on any atom is 0.573 e. The lowest BCUT2D eigenvalue weighted by Gasteiger charge is -2.17. The number of halogens is 3. The van der Waals surface area contributed by atoms with Gasteiger partial charge in [0.2, 0.25) is 0 Å². The number of hydrogen-bond acceptors (Lipinski definition) is 5. The smallest absolute Gasteiger partial charge is 0.497 e. The lowest BCUT2D eigenvalue weighted by molar-refractivity contribution is -0.274. The van der Waals surface area contributed by atoms with E-state index in [0.29, 0.717) is 28.9 Å². The van der Waals surface area contributed by atoms with Gasteiger partial charge in [-0.15, -0.1) is 13.2 Å². The van der Waals surface area contributed by atoms with Crippen molar-refractivity contribution in [1.29, 1.82) is 0 Å². The van der Waals surface area contributed by atoms with Crippen molar-refractivity contribution in [2.24, 2.45) is 5.16 Å². The molecular weight excluding hydrogens is 397 g/mol. The molecule has 0 saturated heterocycles. The summed E-state index contributed by atoms with van der Waals surface area (Å²) >= 11 is 0. The molecule has 0 aliphatic carbocycles. The standard InChI is InChI=1S/C22H21F3N2O3/c1-5-19(27-29-4)18-11-13(2)26-21-16(7-6-8-17(18)21)15-10-9-14(28-3)12-20(15)30-22(23,24)25/h6-12H,5H2,1-4H3/b27-19+. The first-order chi connectivity index (χ1) is 14.3. The van der Waals surface area contributed by atoms with Crippen LogP contribution in [0.4, 0.5) is 13.2 Å². The van der Waals surface area contributed by atoms with Crippen LogP contribution in [0, 0.1) is 6.92 Å². The van der Waals surface area contributed by atoms with E-state index in [4.69, 9.17) is 9.57 Å². The summed E-state index contributed by atoms with van der Waals surface area (Å²) in [6.45, 7) is 3.77. The number of oxime groups is 1. The summed E-state index contributed by atoms with van der Waals surface area (Å²) in [6.07, 6.45) is -4.23. The highest BCUT2D eigenvalue weighted by Crippen LogP contribution is 2.39. The molecule has 8 heteroatoms. The number of alkyl halides is 3. The third-order valence-electron chi connectivity index (χ3n) is 4.52. The van der Waals surface area contributed by atoms with E-state index in [1.807, 2.05) is 26.0 Å². The zero-order valence-electron chi connectivity index (χ0n) is 17.0. The number of nitrogens with zero attached hydrogens (tertiary/aromatic N) is 2. The minimum Gasteiger partial charge on any atom is -0.497 e. The fourth-order valence-electron chi connectivity index (χ4n) is 3.31. The lowest BCUT2D eigenvalue weighted by atomic mass is 9.96. The zero-order valence-corrected chi connectivity index (χ0v) is 17.0. The molecule has 0 N–H and O–H groups in total. The molecule has 0 spiro atoms. The van der Waals surface area contributed by atoms with Crippen LogP contribution in [0.3, 0.4) is 0 Å². The van der Waals surface area contributed by atoms with Crippen LogP contribution < -0.4 is 9.47 Å². The summed E-state index contributed by atoms with van der Waals surface area (Å²) in [5, 5.41) is 4.85. The second-order valence-electron chi connectivity index (χ2n) is 6.50. The third-order valence-corrected chi connectivity index (χ3v) is 4.52. The Morgan fingerprint density at radius 3 is 2.47 bits per heavy atom. The Kier molecular flexibility index (Phi) is 6.14. The number of aryl methyl sites for hydroxylation is 1. The second kappa shape index (κ2) is 8.61. The Labute approximate surface area is 172 Å². The zero-order chi connectivity index (χ0) is 21.9. The van der Waals surface area contributed by atoms with Gasteiger partial charge in [0.25, 0.3) is 0 Å². The predicted octanol–water partition coefficient (Wildman–Crippen LogP) is 5.88. The largest absolute Gasteiger partial charge is 0.573 e. The van der Waals surface area contributed by atoms with E-state index in [9.17, 15) is 13.2 Å². The number of hydrogen-bond donors (Lipinski definition) is 0. The van der Waals surface area contributed by atoms with Gasteiger partial charge >= 0.3 is 6.36 Å². The van der Waals surface area contributed by atoms with Crippen LogP contribution in [0.1, 0.15) is 24.6 Å². The molecule has 5 nitrogen and oxygen atoms in total. The van der Waals surface area contributed by atoms with Gasteiger partial charge in [-0.3, -0.25) is 4.98 Å². The molecule has 0 aliphatic rings. The minimum absolute atomic E-state index is 0.253. The molecule has 158 valence electrons. The summed E-state index contributed by atoms with van der Waals surface area (Å²) in [4.78, 5) is 9.57. The molecule has 0 aliphatic heterocycles. The number of ether oxygens (including phenoxy) is 2. The number of para-hydroxylation sites is 1. The van der Waals surface area contributed by atoms with Crippen LogP contribution in [0.5, 0.6) is 11.5 Å². The highest BCUT2D eigenvalue weighted by Gasteiger charge is 2.33. The fourth-order valence-corrected chi connectivity index (χ4v) is 3.31. The summed E-state index contributed by atoms with van der Waals surface area (Å²) in [6, 6.07) is 11.5. The Bertz CT molecular complexity index is 1090. The van der Waals surface area contributed by atoms with Crippen LogP contribution in [0.25, 0.3) is 22.0 Å². The van der Waals surface area contributed by atoms with Crippen LogP contribution in [0.2, 0.25) is 0 Å². The van der Waals surface area contributed by atoms with E-state index in [-0.39, 0.29) is 17.1 Å². The number of pyridine rings is 1. The van der Waals surface area contributed by atoms with E-state index < -0.39 is 6.36 Å². The van der Waals surface area contributed by atoms with E-state index in [2.05, 4.69) is 14.9 Å². The average Bonchev–Trinajstić information content (AvgIpc) is 2.70. The van der Waals surface area contributed by atoms with Gasteiger partial charge in [0.15, 0.2) is 0 Å². The van der Waals surface area contributed by atoms with Crippen molar-refractivity contribution in [2.45, 2.75) is 26.6 Å². The Morgan fingerprint density at radius 1 is 1.07 bits per heavy atom. The van der Waals surface area contributed by atoms with Crippen LogP contribution in [-0.2, 0) is 4.84 Å². The molecule has 0 unspecified atom stereocenters. The first-order valence-corrected chi connectivity index (χ1v) is 9.22. The third kappa shape index (κ3) is 4.48. The fraction of sp³-hybridized carbons (Fsp3) is 0.273. The molecule has 0 radical (unpaired) electrons. The molecule has 0 atom stereocenters. The van der Waals surface area contributed by atoms with Crippen molar-refractivity contribution in [1.82, 2.24) is 4.98 Å². The molecule has 0 bridgehead atoms. The summed E-state index contributed by atoms with van der Waals surface area (Å²) in [5.74, 6) is -0.107.